The third kappa shape index (κ3) is 4.63. The molecule has 2 fully saturated rings. The lowest BCUT2D eigenvalue weighted by atomic mass is 10.2. The summed E-state index contributed by atoms with van der Waals surface area (Å²) < 4.78 is 0.908. The molecule has 1 aliphatic heterocycles. The van der Waals surface area contributed by atoms with Crippen LogP contribution in [0.1, 0.15) is 39.5 Å². The largest absolute Gasteiger partial charge is 0.358 e. The molecule has 3 nitrogen and oxygen atoms in total. The summed E-state index contributed by atoms with van der Waals surface area (Å²) in [6.07, 6.45) is 4.83. The Morgan fingerprint density at radius 3 is 2.53 bits per heavy atom. The van der Waals surface area contributed by atoms with Gasteiger partial charge in [0.25, 0.3) is 0 Å². The summed E-state index contributed by atoms with van der Waals surface area (Å²) in [5, 5.41) is 0. The molecule has 0 N–H and O–H groups in total. The van der Waals surface area contributed by atoms with E-state index in [4.69, 9.17) is 12.2 Å². The summed E-state index contributed by atoms with van der Waals surface area (Å²) in [6, 6.07) is 0.510. The first-order chi connectivity index (χ1) is 9.08. The zero-order valence-electron chi connectivity index (χ0n) is 11.9. The SMILES string of the molecule is CC(C)CN(C(=O)CSC(=S)N1CCCC1)C1CC1. The molecule has 1 heterocycles. The van der Waals surface area contributed by atoms with Gasteiger partial charge in [0.1, 0.15) is 4.32 Å². The van der Waals surface area contributed by atoms with Crippen molar-refractivity contribution in [1.29, 1.82) is 0 Å². The van der Waals surface area contributed by atoms with E-state index in [-0.39, 0.29) is 5.91 Å². The molecule has 1 saturated carbocycles. The van der Waals surface area contributed by atoms with Gasteiger partial charge in [0.2, 0.25) is 5.91 Å². The summed E-state index contributed by atoms with van der Waals surface area (Å²) in [5.41, 5.74) is 0. The molecule has 1 saturated heterocycles. The van der Waals surface area contributed by atoms with E-state index >= 15 is 0 Å². The summed E-state index contributed by atoms with van der Waals surface area (Å²) in [6.45, 7) is 7.37. The van der Waals surface area contributed by atoms with Gasteiger partial charge >= 0.3 is 0 Å². The van der Waals surface area contributed by atoms with Crippen LogP contribution >= 0.6 is 24.0 Å². The van der Waals surface area contributed by atoms with E-state index in [2.05, 4.69) is 23.6 Å². The van der Waals surface area contributed by atoms with Crippen molar-refractivity contribution < 1.29 is 4.79 Å². The first kappa shape index (κ1) is 15.1. The zero-order chi connectivity index (χ0) is 13.8. The number of likely N-dealkylation sites (tertiary alicyclic amines) is 1. The van der Waals surface area contributed by atoms with Crippen LogP contribution in [0, 0.1) is 5.92 Å². The number of thiocarbonyl (C=S) groups is 1. The van der Waals surface area contributed by atoms with Gasteiger partial charge in [0, 0.05) is 25.7 Å². The normalized spacial score (nSPS) is 19.0. The molecule has 1 amide bonds. The standard InChI is InChI=1S/C14H24N2OS2/c1-11(2)9-16(12-5-6-12)13(17)10-19-14(18)15-7-3-4-8-15/h11-12H,3-10H2,1-2H3. The van der Waals surface area contributed by atoms with Crippen molar-refractivity contribution in [1.82, 2.24) is 9.80 Å². The van der Waals surface area contributed by atoms with E-state index in [1.54, 1.807) is 11.8 Å². The lowest BCUT2D eigenvalue weighted by Crippen LogP contribution is -2.38. The van der Waals surface area contributed by atoms with Gasteiger partial charge in [-0.15, -0.1) is 0 Å². The van der Waals surface area contributed by atoms with Gasteiger partial charge < -0.3 is 9.80 Å². The quantitative estimate of drug-likeness (QED) is 0.729. The number of carbonyl (C=O) groups excluding carboxylic acids is 1. The number of nitrogens with zero attached hydrogens (tertiary/aromatic N) is 2. The molecule has 0 bridgehead atoms. The Balaban J connectivity index is 1.76. The van der Waals surface area contributed by atoms with E-state index < -0.39 is 0 Å². The van der Waals surface area contributed by atoms with Crippen molar-refractivity contribution in [3.8, 4) is 0 Å². The van der Waals surface area contributed by atoms with E-state index in [9.17, 15) is 4.79 Å². The molecule has 0 aromatic rings. The average molecular weight is 300 g/mol. The molecule has 108 valence electrons. The first-order valence-corrected chi connectivity index (χ1v) is 8.68. The number of carbonyl (C=O) groups is 1. The highest BCUT2D eigenvalue weighted by atomic mass is 32.2. The monoisotopic (exact) mass is 300 g/mol. The zero-order valence-corrected chi connectivity index (χ0v) is 13.6. The van der Waals surface area contributed by atoms with Gasteiger partial charge in [-0.1, -0.05) is 37.8 Å². The fraction of sp³-hybridized carbons (Fsp3) is 0.857. The van der Waals surface area contributed by atoms with Crippen molar-refractivity contribution in [2.45, 2.75) is 45.6 Å². The molecule has 0 unspecified atom stereocenters. The molecule has 0 atom stereocenters. The van der Waals surface area contributed by atoms with Gasteiger partial charge in [-0.3, -0.25) is 4.79 Å². The maximum atomic E-state index is 12.3. The van der Waals surface area contributed by atoms with Crippen LogP contribution in [-0.2, 0) is 4.79 Å². The van der Waals surface area contributed by atoms with Crippen molar-refractivity contribution in [3.63, 3.8) is 0 Å². The van der Waals surface area contributed by atoms with Crippen molar-refractivity contribution in [2.75, 3.05) is 25.4 Å². The number of thioether (sulfide) groups is 1. The third-order valence-electron chi connectivity index (χ3n) is 3.55. The minimum atomic E-state index is 0.266. The summed E-state index contributed by atoms with van der Waals surface area (Å²) in [7, 11) is 0. The van der Waals surface area contributed by atoms with Crippen LogP contribution in [0.2, 0.25) is 0 Å². The Morgan fingerprint density at radius 1 is 1.37 bits per heavy atom. The Morgan fingerprint density at radius 2 is 2.00 bits per heavy atom. The molecular formula is C14H24N2OS2. The van der Waals surface area contributed by atoms with E-state index in [1.807, 2.05) is 0 Å². The van der Waals surface area contributed by atoms with Crippen LogP contribution < -0.4 is 0 Å². The number of hydrogen-bond acceptors (Lipinski definition) is 3. The molecule has 0 aromatic heterocycles. The molecule has 1 aliphatic carbocycles. The maximum Gasteiger partial charge on any atom is 0.233 e. The van der Waals surface area contributed by atoms with Crippen LogP contribution in [0.5, 0.6) is 0 Å². The van der Waals surface area contributed by atoms with Gasteiger partial charge in [0.15, 0.2) is 0 Å². The van der Waals surface area contributed by atoms with E-state index in [0.29, 0.717) is 17.7 Å². The van der Waals surface area contributed by atoms with Crippen LogP contribution in [-0.4, -0.2) is 51.5 Å². The Labute approximate surface area is 126 Å². The maximum absolute atomic E-state index is 12.3. The highest BCUT2D eigenvalue weighted by Crippen LogP contribution is 2.28. The van der Waals surface area contributed by atoms with Crippen LogP contribution in [0.15, 0.2) is 0 Å². The predicted octanol–water partition coefficient (Wildman–Crippen LogP) is 2.75. The summed E-state index contributed by atoms with van der Waals surface area (Å²) in [5.74, 6) is 1.32. The van der Waals surface area contributed by atoms with Gasteiger partial charge in [-0.2, -0.15) is 0 Å². The lowest BCUT2D eigenvalue weighted by Gasteiger charge is -2.25. The molecule has 0 spiro atoms. The highest BCUT2D eigenvalue weighted by Gasteiger charge is 2.32. The van der Waals surface area contributed by atoms with Crippen LogP contribution in [0.3, 0.4) is 0 Å². The van der Waals surface area contributed by atoms with Gasteiger partial charge in [-0.25, -0.2) is 0 Å². The topological polar surface area (TPSA) is 23.6 Å². The molecule has 0 radical (unpaired) electrons. The average Bonchev–Trinajstić information content (AvgIpc) is 3.06. The third-order valence-corrected chi connectivity index (χ3v) is 5.06. The van der Waals surface area contributed by atoms with Crippen molar-refractivity contribution in [3.05, 3.63) is 0 Å². The van der Waals surface area contributed by atoms with E-state index in [0.717, 1.165) is 24.0 Å². The molecule has 19 heavy (non-hydrogen) atoms. The second kappa shape index (κ2) is 6.93. The molecule has 2 rings (SSSR count). The summed E-state index contributed by atoms with van der Waals surface area (Å²) >= 11 is 6.95. The number of hydrogen-bond donors (Lipinski definition) is 0. The van der Waals surface area contributed by atoms with Crippen molar-refractivity contribution in [2.24, 2.45) is 5.92 Å². The smallest absolute Gasteiger partial charge is 0.233 e. The van der Waals surface area contributed by atoms with Gasteiger partial charge in [0.05, 0.1) is 5.75 Å². The Hall–Kier alpha value is -0.290. The van der Waals surface area contributed by atoms with Gasteiger partial charge in [-0.05, 0) is 31.6 Å². The fourth-order valence-electron chi connectivity index (χ4n) is 2.43. The molecule has 5 heteroatoms. The van der Waals surface area contributed by atoms with E-state index in [1.165, 1.54) is 25.7 Å². The van der Waals surface area contributed by atoms with Crippen molar-refractivity contribution >= 4 is 34.2 Å². The lowest BCUT2D eigenvalue weighted by molar-refractivity contribution is -0.129. The minimum Gasteiger partial charge on any atom is -0.358 e. The number of rotatable bonds is 5. The Bertz CT molecular complexity index is 336. The second-order valence-electron chi connectivity index (χ2n) is 5.92. The highest BCUT2D eigenvalue weighted by molar-refractivity contribution is 8.23. The predicted molar refractivity (Wildman–Crippen MR) is 85.4 cm³/mol. The molecular weight excluding hydrogens is 276 g/mol. The Kier molecular flexibility index (Phi) is 5.51. The first-order valence-electron chi connectivity index (χ1n) is 7.29. The summed E-state index contributed by atoms with van der Waals surface area (Å²) in [4.78, 5) is 16.6. The molecule has 0 aromatic carbocycles. The second-order valence-corrected chi connectivity index (χ2v) is 7.53. The minimum absolute atomic E-state index is 0.266. The van der Waals surface area contributed by atoms with Crippen LogP contribution in [0.4, 0.5) is 0 Å². The number of amides is 1. The molecule has 2 aliphatic rings. The fourth-order valence-corrected chi connectivity index (χ4v) is 3.57. The van der Waals surface area contributed by atoms with Crippen LogP contribution in [0.25, 0.3) is 0 Å².